The molecule has 0 saturated heterocycles. The van der Waals surface area contributed by atoms with Crippen LogP contribution in [0.15, 0.2) is 24.7 Å². The number of aryl methyl sites for hydroxylation is 1. The Kier molecular flexibility index (Phi) is 2.41. The number of nitriles is 1. The lowest BCUT2D eigenvalue weighted by molar-refractivity contribution is 0.686. The summed E-state index contributed by atoms with van der Waals surface area (Å²) in [7, 11) is 0. The second-order valence-electron chi connectivity index (χ2n) is 4.41. The minimum absolute atomic E-state index is 0.745. The van der Waals surface area contributed by atoms with Gasteiger partial charge in [-0.25, -0.2) is 4.98 Å². The van der Waals surface area contributed by atoms with Crippen LogP contribution < -0.4 is 0 Å². The maximum Gasteiger partial charge on any atom is 0.0998 e. The molecule has 3 rings (SSSR count). The van der Waals surface area contributed by atoms with E-state index in [1.54, 1.807) is 12.5 Å². The Balaban J connectivity index is 2.27. The molecule has 0 aliphatic heterocycles. The number of imidazole rings is 1. The smallest absolute Gasteiger partial charge is 0.0998 e. The van der Waals surface area contributed by atoms with Crippen molar-refractivity contribution in [1.29, 1.82) is 5.26 Å². The van der Waals surface area contributed by atoms with E-state index in [-0.39, 0.29) is 0 Å². The van der Waals surface area contributed by atoms with Crippen molar-refractivity contribution in [3.8, 4) is 17.3 Å². The van der Waals surface area contributed by atoms with Gasteiger partial charge in [-0.05, 0) is 42.9 Å². The Morgan fingerprint density at radius 2 is 2.12 bits per heavy atom. The normalized spacial score (nSPS) is 14.1. The van der Waals surface area contributed by atoms with Gasteiger partial charge in [0, 0.05) is 5.56 Å². The first-order chi connectivity index (χ1) is 8.40. The van der Waals surface area contributed by atoms with E-state index in [1.807, 2.05) is 6.07 Å². The van der Waals surface area contributed by atoms with Crippen LogP contribution in [0.25, 0.3) is 11.3 Å². The molecule has 1 aromatic carbocycles. The Morgan fingerprint density at radius 1 is 1.24 bits per heavy atom. The highest BCUT2D eigenvalue weighted by Crippen LogP contribution is 2.33. The minimum atomic E-state index is 0.745. The quantitative estimate of drug-likeness (QED) is 0.808. The van der Waals surface area contributed by atoms with Gasteiger partial charge in [0.15, 0.2) is 0 Å². The lowest BCUT2D eigenvalue weighted by atomic mass is 9.85. The van der Waals surface area contributed by atoms with Crippen molar-refractivity contribution < 1.29 is 0 Å². The van der Waals surface area contributed by atoms with E-state index in [0.29, 0.717) is 0 Å². The molecule has 0 amide bonds. The number of rotatable bonds is 1. The third-order valence-corrected chi connectivity index (χ3v) is 3.42. The number of aromatic amines is 1. The van der Waals surface area contributed by atoms with Crippen molar-refractivity contribution in [3.63, 3.8) is 0 Å². The first-order valence-electron chi connectivity index (χ1n) is 5.94. The average molecular weight is 223 g/mol. The molecule has 0 unspecified atom stereocenters. The van der Waals surface area contributed by atoms with Crippen LogP contribution in [0.1, 0.15) is 29.5 Å². The van der Waals surface area contributed by atoms with Crippen molar-refractivity contribution in [3.05, 3.63) is 41.3 Å². The molecule has 0 radical (unpaired) electrons. The molecule has 3 nitrogen and oxygen atoms in total. The van der Waals surface area contributed by atoms with Crippen LogP contribution in [0.3, 0.4) is 0 Å². The highest BCUT2D eigenvalue weighted by Gasteiger charge is 2.18. The van der Waals surface area contributed by atoms with E-state index in [2.05, 4.69) is 22.1 Å². The Bertz CT molecular complexity index is 576. The third-order valence-electron chi connectivity index (χ3n) is 3.42. The van der Waals surface area contributed by atoms with Crippen molar-refractivity contribution in [2.45, 2.75) is 25.7 Å². The summed E-state index contributed by atoms with van der Waals surface area (Å²) in [5, 5.41) is 9.23. The number of hydrogen-bond donors (Lipinski definition) is 1. The van der Waals surface area contributed by atoms with Gasteiger partial charge in [0.05, 0.1) is 29.9 Å². The van der Waals surface area contributed by atoms with Crippen molar-refractivity contribution in [1.82, 2.24) is 9.97 Å². The fourth-order valence-electron chi connectivity index (χ4n) is 2.62. The largest absolute Gasteiger partial charge is 0.345 e. The van der Waals surface area contributed by atoms with E-state index < -0.39 is 0 Å². The van der Waals surface area contributed by atoms with Gasteiger partial charge in [-0.2, -0.15) is 5.26 Å². The number of hydrogen-bond acceptors (Lipinski definition) is 2. The summed E-state index contributed by atoms with van der Waals surface area (Å²) in [5.74, 6) is 0. The molecule has 0 bridgehead atoms. The van der Waals surface area contributed by atoms with Gasteiger partial charge in [-0.15, -0.1) is 0 Å². The molecule has 3 heteroatoms. The highest BCUT2D eigenvalue weighted by molar-refractivity contribution is 5.72. The average Bonchev–Trinajstić information content (AvgIpc) is 2.91. The Labute approximate surface area is 100 Å². The van der Waals surface area contributed by atoms with E-state index in [9.17, 15) is 5.26 Å². The van der Waals surface area contributed by atoms with Gasteiger partial charge in [-0.1, -0.05) is 6.07 Å². The predicted octanol–water partition coefficient (Wildman–Crippen LogP) is 2.83. The summed E-state index contributed by atoms with van der Waals surface area (Å²) in [6.07, 6.45) is 8.12. The topological polar surface area (TPSA) is 52.5 Å². The molecule has 1 heterocycles. The van der Waals surface area contributed by atoms with Crippen LogP contribution in [0.4, 0.5) is 0 Å². The van der Waals surface area contributed by atoms with Crippen LogP contribution in [0.5, 0.6) is 0 Å². The fourth-order valence-corrected chi connectivity index (χ4v) is 2.62. The van der Waals surface area contributed by atoms with E-state index >= 15 is 0 Å². The molecule has 2 aromatic rings. The molecule has 1 N–H and O–H groups in total. The predicted molar refractivity (Wildman–Crippen MR) is 65.4 cm³/mol. The first-order valence-corrected chi connectivity index (χ1v) is 5.94. The number of fused-ring (bicyclic) bond motifs is 1. The van der Waals surface area contributed by atoms with Gasteiger partial charge in [0.25, 0.3) is 0 Å². The molecule has 0 saturated carbocycles. The molecular formula is C14H13N3. The minimum Gasteiger partial charge on any atom is -0.345 e. The van der Waals surface area contributed by atoms with Gasteiger partial charge in [0.1, 0.15) is 0 Å². The van der Waals surface area contributed by atoms with Crippen LogP contribution >= 0.6 is 0 Å². The zero-order valence-electron chi connectivity index (χ0n) is 9.53. The monoisotopic (exact) mass is 223 g/mol. The molecule has 84 valence electrons. The van der Waals surface area contributed by atoms with Gasteiger partial charge >= 0.3 is 0 Å². The number of nitrogens with zero attached hydrogens (tertiary/aromatic N) is 2. The number of H-pyrrole nitrogens is 1. The summed E-state index contributed by atoms with van der Waals surface area (Å²) in [6, 6.07) is 6.32. The van der Waals surface area contributed by atoms with Crippen LogP contribution in [-0.2, 0) is 12.8 Å². The van der Waals surface area contributed by atoms with Crippen LogP contribution in [0, 0.1) is 11.3 Å². The molecule has 1 aliphatic carbocycles. The summed E-state index contributed by atoms with van der Waals surface area (Å²) in [4.78, 5) is 7.17. The number of nitrogens with one attached hydrogen (secondary N) is 1. The molecular weight excluding hydrogens is 210 g/mol. The van der Waals surface area contributed by atoms with E-state index in [0.717, 1.165) is 29.7 Å². The molecule has 17 heavy (non-hydrogen) atoms. The van der Waals surface area contributed by atoms with Crippen molar-refractivity contribution in [2.24, 2.45) is 0 Å². The number of aromatic nitrogens is 2. The molecule has 0 fully saturated rings. The zero-order valence-corrected chi connectivity index (χ0v) is 9.53. The van der Waals surface area contributed by atoms with E-state index in [1.165, 1.54) is 24.0 Å². The van der Waals surface area contributed by atoms with E-state index in [4.69, 9.17) is 0 Å². The maximum atomic E-state index is 9.23. The third kappa shape index (κ3) is 1.62. The van der Waals surface area contributed by atoms with Gasteiger partial charge in [0.2, 0.25) is 0 Å². The Morgan fingerprint density at radius 3 is 2.88 bits per heavy atom. The number of benzene rings is 1. The lowest BCUT2D eigenvalue weighted by Gasteiger charge is -2.19. The SMILES string of the molecule is N#Cc1ccc2c(c1-c1cnc[nH]1)CCCC2. The summed E-state index contributed by atoms with van der Waals surface area (Å²) in [5.41, 5.74) is 5.48. The summed E-state index contributed by atoms with van der Waals surface area (Å²) < 4.78 is 0. The lowest BCUT2D eigenvalue weighted by Crippen LogP contribution is -2.06. The van der Waals surface area contributed by atoms with Crippen LogP contribution in [-0.4, -0.2) is 9.97 Å². The molecule has 1 aromatic heterocycles. The maximum absolute atomic E-state index is 9.23. The second kappa shape index (κ2) is 4.06. The first kappa shape index (κ1) is 10.1. The second-order valence-corrected chi connectivity index (χ2v) is 4.41. The highest BCUT2D eigenvalue weighted by atomic mass is 14.9. The molecule has 1 aliphatic rings. The van der Waals surface area contributed by atoms with Gasteiger partial charge in [-0.3, -0.25) is 0 Å². The van der Waals surface area contributed by atoms with Gasteiger partial charge < -0.3 is 4.98 Å². The fraction of sp³-hybridized carbons (Fsp3) is 0.286. The molecule has 0 atom stereocenters. The van der Waals surface area contributed by atoms with Crippen molar-refractivity contribution >= 4 is 0 Å². The standard InChI is InChI=1S/C14H13N3/c15-7-11-6-5-10-3-1-2-4-12(10)14(11)13-8-16-9-17-13/h5-6,8-9H,1-4H2,(H,16,17). The van der Waals surface area contributed by atoms with Crippen LogP contribution in [0.2, 0.25) is 0 Å². The zero-order chi connectivity index (χ0) is 11.7. The summed E-state index contributed by atoms with van der Waals surface area (Å²) >= 11 is 0. The Hall–Kier alpha value is -2.08. The van der Waals surface area contributed by atoms with Crippen molar-refractivity contribution in [2.75, 3.05) is 0 Å². The summed E-state index contributed by atoms with van der Waals surface area (Å²) in [6.45, 7) is 0. The molecule has 0 spiro atoms.